The highest BCUT2D eigenvalue weighted by Gasteiger charge is 2.07. The lowest BCUT2D eigenvalue weighted by atomic mass is 10.1. The number of ether oxygens (including phenoxy) is 1. The van der Waals surface area contributed by atoms with Crippen LogP contribution in [-0.4, -0.2) is 18.7 Å². The molecule has 0 bridgehead atoms. The van der Waals surface area contributed by atoms with Crippen LogP contribution in [0.25, 0.3) is 0 Å². The van der Waals surface area contributed by atoms with Crippen LogP contribution in [0.2, 0.25) is 0 Å². The zero-order valence-corrected chi connectivity index (χ0v) is 11.6. The van der Waals surface area contributed by atoms with Crippen molar-refractivity contribution in [1.82, 2.24) is 0 Å². The molecule has 2 rings (SSSR count). The van der Waals surface area contributed by atoms with Crippen molar-refractivity contribution in [3.05, 3.63) is 64.1 Å². The average molecular weight is 319 g/mol. The number of aldehydes is 1. The van der Waals surface area contributed by atoms with Gasteiger partial charge in [-0.25, -0.2) is 0 Å². The molecule has 0 aliphatic rings. The lowest BCUT2D eigenvalue weighted by molar-refractivity contribution is 0.0921. The van der Waals surface area contributed by atoms with Crippen LogP contribution < -0.4 is 4.74 Å². The standard InChI is InChI=1S/C15H11BrO3/c16-13-3-1-2-12(8-13)15(18)10-19-14-6-4-11(9-17)5-7-14/h1-9H,10H2. The van der Waals surface area contributed by atoms with E-state index in [1.54, 1.807) is 42.5 Å². The molecule has 0 N–H and O–H groups in total. The number of carbonyl (C=O) groups is 2. The predicted molar refractivity (Wildman–Crippen MR) is 75.8 cm³/mol. The van der Waals surface area contributed by atoms with Crippen LogP contribution >= 0.6 is 15.9 Å². The smallest absolute Gasteiger partial charge is 0.200 e. The molecule has 3 nitrogen and oxygen atoms in total. The minimum Gasteiger partial charge on any atom is -0.485 e. The van der Waals surface area contributed by atoms with E-state index in [1.807, 2.05) is 6.07 Å². The van der Waals surface area contributed by atoms with Crippen molar-refractivity contribution in [1.29, 1.82) is 0 Å². The zero-order chi connectivity index (χ0) is 13.7. The minimum atomic E-state index is -0.0965. The fourth-order valence-electron chi connectivity index (χ4n) is 1.54. The highest BCUT2D eigenvalue weighted by molar-refractivity contribution is 9.10. The Hall–Kier alpha value is -1.94. The number of benzene rings is 2. The first-order chi connectivity index (χ1) is 9.19. The van der Waals surface area contributed by atoms with Crippen molar-refractivity contribution in [2.45, 2.75) is 0 Å². The SMILES string of the molecule is O=Cc1ccc(OCC(=O)c2cccc(Br)c2)cc1. The number of hydrogen-bond acceptors (Lipinski definition) is 3. The normalized spacial score (nSPS) is 9.95. The van der Waals surface area contributed by atoms with Gasteiger partial charge in [-0.2, -0.15) is 0 Å². The first-order valence-corrected chi connectivity index (χ1v) is 6.45. The second-order valence-corrected chi connectivity index (χ2v) is 4.82. The van der Waals surface area contributed by atoms with E-state index < -0.39 is 0 Å². The minimum absolute atomic E-state index is 0.0309. The first-order valence-electron chi connectivity index (χ1n) is 5.66. The van der Waals surface area contributed by atoms with Gasteiger partial charge in [0.25, 0.3) is 0 Å². The molecular formula is C15H11BrO3. The summed E-state index contributed by atoms with van der Waals surface area (Å²) in [4.78, 5) is 22.4. The molecule has 0 saturated carbocycles. The van der Waals surface area contributed by atoms with Crippen molar-refractivity contribution in [2.75, 3.05) is 6.61 Å². The van der Waals surface area contributed by atoms with Gasteiger partial charge < -0.3 is 4.74 Å². The summed E-state index contributed by atoms with van der Waals surface area (Å²) in [7, 11) is 0. The van der Waals surface area contributed by atoms with Gasteiger partial charge in [0, 0.05) is 15.6 Å². The Balaban J connectivity index is 1.98. The summed E-state index contributed by atoms with van der Waals surface area (Å²) in [5.74, 6) is 0.467. The third-order valence-corrected chi connectivity index (χ3v) is 3.03. The maximum Gasteiger partial charge on any atom is 0.200 e. The summed E-state index contributed by atoms with van der Waals surface area (Å²) in [6, 6.07) is 13.8. The number of rotatable bonds is 5. The van der Waals surface area contributed by atoms with Gasteiger partial charge in [0.1, 0.15) is 12.0 Å². The summed E-state index contributed by atoms with van der Waals surface area (Å²) < 4.78 is 6.24. The van der Waals surface area contributed by atoms with Gasteiger partial charge in [0.05, 0.1) is 0 Å². The molecule has 2 aromatic rings. The molecule has 0 aliphatic carbocycles. The van der Waals surface area contributed by atoms with E-state index in [2.05, 4.69) is 15.9 Å². The van der Waals surface area contributed by atoms with Gasteiger partial charge in [-0.15, -0.1) is 0 Å². The van der Waals surface area contributed by atoms with E-state index in [9.17, 15) is 9.59 Å². The number of halogens is 1. The molecule has 0 saturated heterocycles. The molecule has 0 atom stereocenters. The zero-order valence-electron chi connectivity index (χ0n) is 10.0. The first kappa shape index (κ1) is 13.5. The molecule has 0 amide bonds. The van der Waals surface area contributed by atoms with E-state index in [0.717, 1.165) is 10.8 Å². The van der Waals surface area contributed by atoms with E-state index >= 15 is 0 Å². The number of ketones is 1. The largest absolute Gasteiger partial charge is 0.485 e. The Morgan fingerprint density at radius 2 is 1.89 bits per heavy atom. The van der Waals surface area contributed by atoms with E-state index in [-0.39, 0.29) is 12.4 Å². The molecular weight excluding hydrogens is 308 g/mol. The van der Waals surface area contributed by atoms with Gasteiger partial charge in [-0.05, 0) is 36.4 Å². The molecule has 0 spiro atoms. The molecule has 0 unspecified atom stereocenters. The van der Waals surface area contributed by atoms with Gasteiger partial charge in [-0.3, -0.25) is 9.59 Å². The highest BCUT2D eigenvalue weighted by atomic mass is 79.9. The quantitative estimate of drug-likeness (QED) is 0.625. The van der Waals surface area contributed by atoms with E-state index in [1.165, 1.54) is 0 Å². The van der Waals surface area contributed by atoms with Crippen LogP contribution in [0.5, 0.6) is 5.75 Å². The second-order valence-electron chi connectivity index (χ2n) is 3.91. The number of carbonyl (C=O) groups excluding carboxylic acids is 2. The Kier molecular flexibility index (Phi) is 4.47. The third kappa shape index (κ3) is 3.76. The Morgan fingerprint density at radius 3 is 2.53 bits per heavy atom. The third-order valence-electron chi connectivity index (χ3n) is 2.53. The average Bonchev–Trinajstić information content (AvgIpc) is 2.45. The molecule has 0 fully saturated rings. The van der Waals surface area contributed by atoms with Gasteiger partial charge >= 0.3 is 0 Å². The van der Waals surface area contributed by atoms with Crippen LogP contribution in [0, 0.1) is 0 Å². The lowest BCUT2D eigenvalue weighted by Gasteiger charge is -2.06. The van der Waals surface area contributed by atoms with Crippen molar-refractivity contribution >= 4 is 28.0 Å². The molecule has 0 aliphatic heterocycles. The molecule has 0 heterocycles. The molecule has 0 radical (unpaired) electrons. The molecule has 4 heteroatoms. The number of hydrogen-bond donors (Lipinski definition) is 0. The Morgan fingerprint density at radius 1 is 1.16 bits per heavy atom. The highest BCUT2D eigenvalue weighted by Crippen LogP contribution is 2.14. The molecule has 2 aromatic carbocycles. The van der Waals surface area contributed by atoms with Crippen molar-refractivity contribution < 1.29 is 14.3 Å². The molecule has 0 aromatic heterocycles. The van der Waals surface area contributed by atoms with E-state index in [4.69, 9.17) is 4.74 Å². The van der Waals surface area contributed by atoms with Crippen LogP contribution in [-0.2, 0) is 0 Å². The van der Waals surface area contributed by atoms with Crippen LogP contribution in [0.1, 0.15) is 20.7 Å². The molecule has 96 valence electrons. The van der Waals surface area contributed by atoms with Crippen molar-refractivity contribution in [3.63, 3.8) is 0 Å². The summed E-state index contributed by atoms with van der Waals surface area (Å²) in [6.07, 6.45) is 0.760. The maximum absolute atomic E-state index is 11.9. The lowest BCUT2D eigenvalue weighted by Crippen LogP contribution is -2.11. The van der Waals surface area contributed by atoms with Gasteiger partial charge in [0.2, 0.25) is 0 Å². The summed E-state index contributed by atoms with van der Waals surface area (Å²) in [5, 5.41) is 0. The summed E-state index contributed by atoms with van der Waals surface area (Å²) in [6.45, 7) is -0.0309. The summed E-state index contributed by atoms with van der Waals surface area (Å²) in [5.41, 5.74) is 1.17. The van der Waals surface area contributed by atoms with Crippen LogP contribution in [0.3, 0.4) is 0 Å². The topological polar surface area (TPSA) is 43.4 Å². The van der Waals surface area contributed by atoms with E-state index in [0.29, 0.717) is 16.9 Å². The number of Topliss-reactive ketones (excluding diaryl/α,β-unsaturated/α-hetero) is 1. The van der Waals surface area contributed by atoms with Crippen molar-refractivity contribution in [3.8, 4) is 5.75 Å². The van der Waals surface area contributed by atoms with Crippen LogP contribution in [0.4, 0.5) is 0 Å². The Bertz CT molecular complexity index is 591. The monoisotopic (exact) mass is 318 g/mol. The predicted octanol–water partition coefficient (Wildman–Crippen LogP) is 3.52. The fourth-order valence-corrected chi connectivity index (χ4v) is 1.94. The maximum atomic E-state index is 11.9. The van der Waals surface area contributed by atoms with Gasteiger partial charge in [-0.1, -0.05) is 28.1 Å². The molecule has 19 heavy (non-hydrogen) atoms. The second kappa shape index (κ2) is 6.29. The fraction of sp³-hybridized carbons (Fsp3) is 0.0667. The summed E-state index contributed by atoms with van der Waals surface area (Å²) >= 11 is 3.32. The Labute approximate surface area is 119 Å². The van der Waals surface area contributed by atoms with Gasteiger partial charge in [0.15, 0.2) is 12.4 Å². The van der Waals surface area contributed by atoms with Crippen LogP contribution in [0.15, 0.2) is 53.0 Å². The van der Waals surface area contributed by atoms with Crippen molar-refractivity contribution in [2.24, 2.45) is 0 Å².